The number of esters is 1. The zero-order chi connectivity index (χ0) is 25.4. The van der Waals surface area contributed by atoms with Gasteiger partial charge in [-0.3, -0.25) is 9.10 Å². The van der Waals surface area contributed by atoms with E-state index in [1.165, 1.54) is 4.31 Å². The third-order valence-electron chi connectivity index (χ3n) is 5.37. The lowest BCUT2D eigenvalue weighted by Crippen LogP contribution is -2.29. The molecule has 0 aliphatic heterocycles. The summed E-state index contributed by atoms with van der Waals surface area (Å²) < 4.78 is 31.3. The predicted molar refractivity (Wildman–Crippen MR) is 138 cm³/mol. The Kier molecular flexibility index (Phi) is 8.65. The summed E-state index contributed by atoms with van der Waals surface area (Å²) in [6, 6.07) is 20.5. The highest BCUT2D eigenvalue weighted by molar-refractivity contribution is 7.92. The zero-order valence-electron chi connectivity index (χ0n) is 20.2. The molecule has 0 spiro atoms. The fourth-order valence-electron chi connectivity index (χ4n) is 3.32. The van der Waals surface area contributed by atoms with Gasteiger partial charge in [-0.15, -0.1) is 0 Å². The van der Waals surface area contributed by atoms with Crippen LogP contribution in [0, 0.1) is 6.92 Å². The minimum atomic E-state index is -3.53. The maximum absolute atomic E-state index is 12.7. The van der Waals surface area contributed by atoms with Gasteiger partial charge in [0.25, 0.3) is 5.91 Å². The lowest BCUT2D eigenvalue weighted by Gasteiger charge is -2.23. The van der Waals surface area contributed by atoms with E-state index in [0.717, 1.165) is 30.2 Å². The lowest BCUT2D eigenvalue weighted by molar-refractivity contribution is 0.0499. The first kappa shape index (κ1) is 26.0. The molecule has 0 radical (unpaired) electrons. The highest BCUT2D eigenvalue weighted by Crippen LogP contribution is 2.22. The number of unbranched alkanes of at least 4 members (excludes halogenated alkanes) is 1. The zero-order valence-corrected chi connectivity index (χ0v) is 21.0. The molecule has 3 aromatic carbocycles. The van der Waals surface area contributed by atoms with Gasteiger partial charge in [-0.2, -0.15) is 0 Å². The molecule has 3 aromatic rings. The fourth-order valence-corrected chi connectivity index (χ4v) is 4.21. The summed E-state index contributed by atoms with van der Waals surface area (Å²) in [5.41, 5.74) is 3.74. The predicted octanol–water partition coefficient (Wildman–Crippen LogP) is 5.17. The second-order valence-electron chi connectivity index (χ2n) is 8.32. The maximum Gasteiger partial charge on any atom is 0.338 e. The Hall–Kier alpha value is -3.65. The number of hydrogen-bond donors (Lipinski definition) is 1. The van der Waals surface area contributed by atoms with Gasteiger partial charge in [0.1, 0.15) is 0 Å². The SMILES string of the molecule is CCCCOC(=O)c1ccc(NC(=O)c2ccc(N(Cc3ccc(C)cc3)S(C)(=O)=O)cc2)cc1. The van der Waals surface area contributed by atoms with Crippen LogP contribution in [0.5, 0.6) is 0 Å². The van der Waals surface area contributed by atoms with Gasteiger partial charge in [-0.1, -0.05) is 43.2 Å². The first-order valence-corrected chi connectivity index (χ1v) is 13.2. The Balaban J connectivity index is 1.67. The van der Waals surface area contributed by atoms with Gasteiger partial charge in [0, 0.05) is 11.3 Å². The number of carbonyl (C=O) groups is 2. The molecule has 8 heteroatoms. The number of hydrogen-bond acceptors (Lipinski definition) is 5. The first-order chi connectivity index (χ1) is 16.7. The Morgan fingerprint density at radius 1 is 0.886 bits per heavy atom. The van der Waals surface area contributed by atoms with Crippen LogP contribution in [0.2, 0.25) is 0 Å². The number of rotatable bonds is 10. The van der Waals surface area contributed by atoms with E-state index in [1.807, 2.05) is 38.1 Å². The average Bonchev–Trinajstić information content (AvgIpc) is 2.83. The molecule has 7 nitrogen and oxygen atoms in total. The second-order valence-corrected chi connectivity index (χ2v) is 10.2. The Morgan fingerprint density at radius 3 is 2.06 bits per heavy atom. The van der Waals surface area contributed by atoms with E-state index in [4.69, 9.17) is 4.74 Å². The summed E-state index contributed by atoms with van der Waals surface area (Å²) in [7, 11) is -3.53. The van der Waals surface area contributed by atoms with Gasteiger partial charge in [-0.25, -0.2) is 13.2 Å². The molecule has 1 amide bonds. The number of nitrogens with one attached hydrogen (secondary N) is 1. The maximum atomic E-state index is 12.7. The number of benzene rings is 3. The molecule has 0 atom stereocenters. The van der Waals surface area contributed by atoms with Gasteiger partial charge in [0.15, 0.2) is 0 Å². The van der Waals surface area contributed by atoms with Gasteiger partial charge >= 0.3 is 5.97 Å². The fraction of sp³-hybridized carbons (Fsp3) is 0.259. The van der Waals surface area contributed by atoms with Crippen molar-refractivity contribution in [1.29, 1.82) is 0 Å². The molecule has 0 bridgehead atoms. The summed E-state index contributed by atoms with van der Waals surface area (Å²) in [4.78, 5) is 24.7. The molecule has 0 saturated carbocycles. The molecule has 0 unspecified atom stereocenters. The van der Waals surface area contributed by atoms with Crippen LogP contribution in [0.15, 0.2) is 72.8 Å². The molecule has 0 aliphatic rings. The number of carbonyl (C=O) groups excluding carboxylic acids is 2. The van der Waals surface area contributed by atoms with Crippen molar-refractivity contribution in [3.05, 3.63) is 95.1 Å². The van der Waals surface area contributed by atoms with E-state index >= 15 is 0 Å². The Labute approximate surface area is 206 Å². The number of nitrogens with zero attached hydrogens (tertiary/aromatic N) is 1. The Morgan fingerprint density at radius 2 is 1.49 bits per heavy atom. The van der Waals surface area contributed by atoms with Crippen LogP contribution in [-0.2, 0) is 21.3 Å². The summed E-state index contributed by atoms with van der Waals surface area (Å²) in [5, 5.41) is 2.78. The first-order valence-electron chi connectivity index (χ1n) is 11.4. The van der Waals surface area contributed by atoms with Crippen molar-refractivity contribution in [2.45, 2.75) is 33.2 Å². The molecule has 184 valence electrons. The molecule has 3 rings (SSSR count). The summed E-state index contributed by atoms with van der Waals surface area (Å²) in [6.45, 7) is 4.56. The molecule has 0 fully saturated rings. The van der Waals surface area contributed by atoms with Crippen molar-refractivity contribution in [3.63, 3.8) is 0 Å². The van der Waals surface area contributed by atoms with E-state index in [2.05, 4.69) is 5.32 Å². The molecular formula is C27H30N2O5S. The van der Waals surface area contributed by atoms with Gasteiger partial charge < -0.3 is 10.1 Å². The Bertz CT molecular complexity index is 1250. The van der Waals surface area contributed by atoms with Gasteiger partial charge in [0.05, 0.1) is 30.7 Å². The minimum Gasteiger partial charge on any atom is -0.462 e. The normalized spacial score (nSPS) is 11.1. The van der Waals surface area contributed by atoms with Crippen LogP contribution in [0.1, 0.15) is 51.6 Å². The average molecular weight is 495 g/mol. The molecular weight excluding hydrogens is 464 g/mol. The topological polar surface area (TPSA) is 92.8 Å². The summed E-state index contributed by atoms with van der Waals surface area (Å²) in [5.74, 6) is -0.743. The minimum absolute atomic E-state index is 0.192. The number of amides is 1. The van der Waals surface area contributed by atoms with E-state index in [-0.39, 0.29) is 12.5 Å². The van der Waals surface area contributed by atoms with Gasteiger partial charge in [0.2, 0.25) is 10.0 Å². The lowest BCUT2D eigenvalue weighted by atomic mass is 10.1. The van der Waals surface area contributed by atoms with Crippen LogP contribution >= 0.6 is 0 Å². The monoisotopic (exact) mass is 494 g/mol. The number of ether oxygens (including phenoxy) is 1. The molecule has 35 heavy (non-hydrogen) atoms. The van der Waals surface area contributed by atoms with Crippen LogP contribution in [0.25, 0.3) is 0 Å². The van der Waals surface area contributed by atoms with Crippen molar-refractivity contribution in [2.75, 3.05) is 22.5 Å². The van der Waals surface area contributed by atoms with Gasteiger partial charge in [-0.05, 0) is 67.4 Å². The summed E-state index contributed by atoms with van der Waals surface area (Å²) in [6.07, 6.45) is 2.91. The van der Waals surface area contributed by atoms with Crippen molar-refractivity contribution < 1.29 is 22.7 Å². The molecule has 0 aromatic heterocycles. The molecule has 0 heterocycles. The van der Waals surface area contributed by atoms with Crippen molar-refractivity contribution in [3.8, 4) is 0 Å². The molecule has 0 aliphatic carbocycles. The standard InChI is InChI=1S/C27H30N2O5S/c1-4-5-18-34-27(31)23-10-14-24(15-11-23)28-26(30)22-12-16-25(17-13-22)29(35(3,32)33)19-21-8-6-20(2)7-9-21/h6-17H,4-5,18-19H2,1-3H3,(H,28,30). The highest BCUT2D eigenvalue weighted by Gasteiger charge is 2.18. The third kappa shape index (κ3) is 7.42. The van der Waals surface area contributed by atoms with E-state index < -0.39 is 16.0 Å². The quantitative estimate of drug-likeness (QED) is 0.310. The number of sulfonamides is 1. The number of aryl methyl sites for hydroxylation is 1. The van der Waals surface area contributed by atoms with Crippen LogP contribution in [-0.4, -0.2) is 33.2 Å². The van der Waals surface area contributed by atoms with Crippen molar-refractivity contribution in [2.24, 2.45) is 0 Å². The van der Waals surface area contributed by atoms with Crippen LogP contribution < -0.4 is 9.62 Å². The van der Waals surface area contributed by atoms with E-state index in [0.29, 0.717) is 29.1 Å². The summed E-state index contributed by atoms with van der Waals surface area (Å²) >= 11 is 0. The molecule has 1 N–H and O–H groups in total. The van der Waals surface area contributed by atoms with Crippen molar-refractivity contribution in [1.82, 2.24) is 0 Å². The van der Waals surface area contributed by atoms with Crippen molar-refractivity contribution >= 4 is 33.3 Å². The van der Waals surface area contributed by atoms with E-state index in [1.54, 1.807) is 48.5 Å². The smallest absolute Gasteiger partial charge is 0.338 e. The highest BCUT2D eigenvalue weighted by atomic mass is 32.2. The number of anilines is 2. The largest absolute Gasteiger partial charge is 0.462 e. The van der Waals surface area contributed by atoms with Crippen LogP contribution in [0.3, 0.4) is 0 Å². The second kappa shape index (κ2) is 11.7. The van der Waals surface area contributed by atoms with Crippen LogP contribution in [0.4, 0.5) is 11.4 Å². The third-order valence-corrected chi connectivity index (χ3v) is 6.51. The van der Waals surface area contributed by atoms with E-state index in [9.17, 15) is 18.0 Å². The molecule has 0 saturated heterocycles.